The number of nitrogen functional groups attached to an aromatic ring is 1. The summed E-state index contributed by atoms with van der Waals surface area (Å²) < 4.78 is 13.1. The van der Waals surface area contributed by atoms with Crippen molar-refractivity contribution in [2.45, 2.75) is 6.92 Å². The van der Waals surface area contributed by atoms with Crippen molar-refractivity contribution in [1.29, 1.82) is 0 Å². The summed E-state index contributed by atoms with van der Waals surface area (Å²) in [5.74, 6) is -0.264. The second-order valence-electron chi connectivity index (χ2n) is 3.60. The molecule has 0 unspecified atom stereocenters. The number of anilines is 1. The number of rotatable bonds is 1. The smallest absolute Gasteiger partial charge is 0.123 e. The Bertz CT molecular complexity index is 474. The van der Waals surface area contributed by atoms with Crippen LogP contribution < -0.4 is 5.73 Å². The van der Waals surface area contributed by atoms with Crippen LogP contribution in [0, 0.1) is 12.7 Å². The van der Waals surface area contributed by atoms with Crippen molar-refractivity contribution in [3.8, 4) is 11.1 Å². The molecule has 2 heteroatoms. The first-order valence-electron chi connectivity index (χ1n) is 4.79. The molecule has 0 heterocycles. The van der Waals surface area contributed by atoms with E-state index in [0.717, 1.165) is 11.1 Å². The van der Waals surface area contributed by atoms with Crippen LogP contribution in [0.1, 0.15) is 5.56 Å². The Morgan fingerprint density at radius 2 is 1.67 bits per heavy atom. The average Bonchev–Trinajstić information content (AvgIpc) is 2.23. The second kappa shape index (κ2) is 3.73. The molecule has 0 aliphatic heterocycles. The third-order valence-electron chi connectivity index (χ3n) is 2.38. The van der Waals surface area contributed by atoms with E-state index < -0.39 is 0 Å². The fraction of sp³-hybridized carbons (Fsp3) is 0.0769. The van der Waals surface area contributed by atoms with Crippen molar-refractivity contribution in [3.63, 3.8) is 0 Å². The molecule has 0 saturated heterocycles. The molecule has 0 radical (unpaired) electrons. The number of hydrogen-bond donors (Lipinski definition) is 1. The maximum atomic E-state index is 13.1. The molecule has 0 fully saturated rings. The van der Waals surface area contributed by atoms with Crippen LogP contribution in [-0.2, 0) is 0 Å². The fourth-order valence-corrected chi connectivity index (χ4v) is 1.51. The van der Waals surface area contributed by atoms with Crippen LogP contribution >= 0.6 is 0 Å². The molecule has 0 bridgehead atoms. The maximum absolute atomic E-state index is 13.1. The first-order chi connectivity index (χ1) is 7.16. The topological polar surface area (TPSA) is 26.0 Å². The van der Waals surface area contributed by atoms with Gasteiger partial charge in [-0.15, -0.1) is 0 Å². The van der Waals surface area contributed by atoms with Crippen molar-refractivity contribution in [2.75, 3.05) is 5.73 Å². The lowest BCUT2D eigenvalue weighted by atomic mass is 10.0. The van der Waals surface area contributed by atoms with Gasteiger partial charge in [0, 0.05) is 11.3 Å². The Hall–Kier alpha value is -1.83. The minimum atomic E-state index is -0.264. The number of hydrogen-bond acceptors (Lipinski definition) is 1. The first-order valence-corrected chi connectivity index (χ1v) is 4.79. The molecule has 0 saturated carbocycles. The summed E-state index contributed by atoms with van der Waals surface area (Å²) in [5, 5.41) is 0. The summed E-state index contributed by atoms with van der Waals surface area (Å²) in [6, 6.07) is 12.3. The Balaban J connectivity index is 2.53. The van der Waals surface area contributed by atoms with Gasteiger partial charge >= 0.3 is 0 Å². The van der Waals surface area contributed by atoms with Gasteiger partial charge in [0.1, 0.15) is 5.82 Å². The van der Waals surface area contributed by atoms with Crippen LogP contribution in [0.2, 0.25) is 0 Å². The predicted octanol–water partition coefficient (Wildman–Crippen LogP) is 3.38. The van der Waals surface area contributed by atoms with Gasteiger partial charge in [0.15, 0.2) is 0 Å². The maximum Gasteiger partial charge on any atom is 0.123 e. The number of halogens is 1. The Morgan fingerprint density at radius 3 is 2.33 bits per heavy atom. The van der Waals surface area contributed by atoms with Crippen LogP contribution in [0.5, 0.6) is 0 Å². The third-order valence-corrected chi connectivity index (χ3v) is 2.38. The highest BCUT2D eigenvalue weighted by Gasteiger charge is 2.03. The lowest BCUT2D eigenvalue weighted by Crippen LogP contribution is -1.91. The monoisotopic (exact) mass is 201 g/mol. The van der Waals surface area contributed by atoms with Crippen molar-refractivity contribution < 1.29 is 4.39 Å². The van der Waals surface area contributed by atoms with E-state index in [0.29, 0.717) is 5.69 Å². The second-order valence-corrected chi connectivity index (χ2v) is 3.60. The van der Waals surface area contributed by atoms with E-state index in [2.05, 4.69) is 0 Å². The number of nitrogens with two attached hydrogens (primary N) is 1. The van der Waals surface area contributed by atoms with E-state index in [1.54, 1.807) is 6.07 Å². The zero-order valence-corrected chi connectivity index (χ0v) is 8.50. The summed E-state index contributed by atoms with van der Waals surface area (Å²) in [6.07, 6.45) is 0. The summed E-state index contributed by atoms with van der Waals surface area (Å²) in [4.78, 5) is 0. The number of aryl methyl sites for hydroxylation is 1. The van der Waals surface area contributed by atoms with Crippen molar-refractivity contribution in [1.82, 2.24) is 0 Å². The molecule has 0 atom stereocenters. The lowest BCUT2D eigenvalue weighted by molar-refractivity contribution is 0.628. The summed E-state index contributed by atoms with van der Waals surface area (Å²) in [7, 11) is 0. The van der Waals surface area contributed by atoms with Gasteiger partial charge in [-0.05, 0) is 30.7 Å². The molecule has 0 aromatic heterocycles. The lowest BCUT2D eigenvalue weighted by Gasteiger charge is -2.06. The van der Waals surface area contributed by atoms with Crippen LogP contribution in [-0.4, -0.2) is 0 Å². The normalized spacial score (nSPS) is 10.3. The van der Waals surface area contributed by atoms with Gasteiger partial charge in [0.2, 0.25) is 0 Å². The molecule has 0 aliphatic carbocycles. The van der Waals surface area contributed by atoms with Crippen molar-refractivity contribution >= 4 is 5.69 Å². The average molecular weight is 201 g/mol. The van der Waals surface area contributed by atoms with E-state index in [1.165, 1.54) is 17.7 Å². The standard InChI is InChI=1S/C13H12FN/c1-9-2-4-10(5-3-9)12-8-11(14)6-7-13(12)15/h2-8H,15H2,1H3. The molecule has 1 nitrogen and oxygen atoms in total. The van der Waals surface area contributed by atoms with Gasteiger partial charge in [0.25, 0.3) is 0 Å². The molecule has 2 N–H and O–H groups in total. The SMILES string of the molecule is Cc1ccc(-c2cc(F)ccc2N)cc1. The van der Waals surface area contributed by atoms with E-state index in [-0.39, 0.29) is 5.82 Å². The molecule has 2 rings (SSSR count). The van der Waals surface area contributed by atoms with Gasteiger partial charge in [-0.25, -0.2) is 4.39 Å². The predicted molar refractivity (Wildman–Crippen MR) is 61.0 cm³/mol. The highest BCUT2D eigenvalue weighted by atomic mass is 19.1. The van der Waals surface area contributed by atoms with Crippen molar-refractivity contribution in [3.05, 3.63) is 53.8 Å². The summed E-state index contributed by atoms with van der Waals surface area (Å²) >= 11 is 0. The van der Waals surface area contributed by atoms with Crippen molar-refractivity contribution in [2.24, 2.45) is 0 Å². The zero-order valence-electron chi connectivity index (χ0n) is 8.50. The molecular weight excluding hydrogens is 189 g/mol. The minimum Gasteiger partial charge on any atom is -0.398 e. The Morgan fingerprint density at radius 1 is 1.00 bits per heavy atom. The molecule has 0 amide bonds. The van der Waals surface area contributed by atoms with Gasteiger partial charge in [-0.1, -0.05) is 29.8 Å². The van der Waals surface area contributed by atoms with E-state index in [1.807, 2.05) is 31.2 Å². The fourth-order valence-electron chi connectivity index (χ4n) is 1.51. The van der Waals surface area contributed by atoms with E-state index >= 15 is 0 Å². The van der Waals surface area contributed by atoms with E-state index in [9.17, 15) is 4.39 Å². The van der Waals surface area contributed by atoms with Crippen LogP contribution in [0.4, 0.5) is 10.1 Å². The molecule has 76 valence electrons. The number of benzene rings is 2. The van der Waals surface area contributed by atoms with Crippen LogP contribution in [0.15, 0.2) is 42.5 Å². The first kappa shape index (κ1) is 9.71. The van der Waals surface area contributed by atoms with Crippen LogP contribution in [0.3, 0.4) is 0 Å². The van der Waals surface area contributed by atoms with Gasteiger partial charge in [0.05, 0.1) is 0 Å². The minimum absolute atomic E-state index is 0.264. The molecule has 0 aliphatic rings. The largest absolute Gasteiger partial charge is 0.398 e. The van der Waals surface area contributed by atoms with Gasteiger partial charge < -0.3 is 5.73 Å². The Kier molecular flexibility index (Phi) is 2.42. The zero-order chi connectivity index (χ0) is 10.8. The molecule has 2 aromatic carbocycles. The molecule has 15 heavy (non-hydrogen) atoms. The summed E-state index contributed by atoms with van der Waals surface area (Å²) in [5.41, 5.74) is 9.25. The quantitative estimate of drug-likeness (QED) is 0.703. The third kappa shape index (κ3) is 1.99. The van der Waals surface area contributed by atoms with Crippen LogP contribution in [0.25, 0.3) is 11.1 Å². The molecule has 2 aromatic rings. The van der Waals surface area contributed by atoms with E-state index in [4.69, 9.17) is 5.73 Å². The summed E-state index contributed by atoms with van der Waals surface area (Å²) in [6.45, 7) is 2.01. The molecule has 0 spiro atoms. The Labute approximate surface area is 88.4 Å². The van der Waals surface area contributed by atoms with Gasteiger partial charge in [-0.2, -0.15) is 0 Å². The highest BCUT2D eigenvalue weighted by molar-refractivity contribution is 5.76. The van der Waals surface area contributed by atoms with Gasteiger partial charge in [-0.3, -0.25) is 0 Å². The molecular formula is C13H12FN. The highest BCUT2D eigenvalue weighted by Crippen LogP contribution is 2.26.